The second-order valence-electron chi connectivity index (χ2n) is 4.71. The van der Waals surface area contributed by atoms with E-state index in [1.807, 2.05) is 4.90 Å². The molecule has 2 aliphatic rings. The lowest BCUT2D eigenvalue weighted by Crippen LogP contribution is -2.46. The van der Waals surface area contributed by atoms with E-state index in [0.717, 1.165) is 19.6 Å². The number of ether oxygens (including phenoxy) is 1. The number of amides is 1. The predicted octanol–water partition coefficient (Wildman–Crippen LogP) is 2.03. The summed E-state index contributed by atoms with van der Waals surface area (Å²) in [6.45, 7) is 2.26. The molecule has 1 amide bonds. The lowest BCUT2D eigenvalue weighted by atomic mass is 9.84. The Labute approximate surface area is 102 Å². The fourth-order valence-electron chi connectivity index (χ4n) is 2.89. The van der Waals surface area contributed by atoms with Crippen LogP contribution < -0.4 is 0 Å². The summed E-state index contributed by atoms with van der Waals surface area (Å²) in [6.07, 6.45) is 5.33. The van der Waals surface area contributed by atoms with Gasteiger partial charge in [0.1, 0.15) is 0 Å². The minimum Gasteiger partial charge on any atom is -0.379 e. The van der Waals surface area contributed by atoms with E-state index >= 15 is 0 Å². The van der Waals surface area contributed by atoms with Gasteiger partial charge in [-0.3, -0.25) is 4.79 Å². The van der Waals surface area contributed by atoms with Crippen molar-refractivity contribution in [2.75, 3.05) is 25.6 Å². The highest BCUT2D eigenvalue weighted by Gasteiger charge is 2.34. The Hall–Kier alpha value is -0.280. The highest BCUT2D eigenvalue weighted by atomic mass is 35.5. The number of rotatable bonds is 2. The van der Waals surface area contributed by atoms with E-state index in [9.17, 15) is 4.79 Å². The molecule has 1 aliphatic carbocycles. The zero-order valence-electron chi connectivity index (χ0n) is 9.66. The number of alkyl halides is 1. The highest BCUT2D eigenvalue weighted by Crippen LogP contribution is 2.30. The highest BCUT2D eigenvalue weighted by molar-refractivity contribution is 6.18. The molecule has 2 atom stereocenters. The predicted molar refractivity (Wildman–Crippen MR) is 63.6 cm³/mol. The lowest BCUT2D eigenvalue weighted by molar-refractivity contribution is -0.134. The van der Waals surface area contributed by atoms with Crippen LogP contribution in [0.1, 0.15) is 32.1 Å². The Morgan fingerprint density at radius 1 is 1.38 bits per heavy atom. The SMILES string of the molecule is O=C(CCCl)N1CCOC[C@@H]2CCCC[C@@H]21. The average molecular weight is 246 g/mol. The lowest BCUT2D eigenvalue weighted by Gasteiger charge is -2.37. The van der Waals surface area contributed by atoms with Crippen LogP contribution in [0.15, 0.2) is 0 Å². The average Bonchev–Trinajstić information content (AvgIpc) is 2.51. The van der Waals surface area contributed by atoms with Crippen molar-refractivity contribution in [1.82, 2.24) is 4.90 Å². The summed E-state index contributed by atoms with van der Waals surface area (Å²) >= 11 is 5.65. The first kappa shape index (κ1) is 12.2. The fraction of sp³-hybridized carbons (Fsp3) is 0.917. The van der Waals surface area contributed by atoms with Crippen molar-refractivity contribution in [3.8, 4) is 0 Å². The number of nitrogens with zero attached hydrogens (tertiary/aromatic N) is 1. The summed E-state index contributed by atoms with van der Waals surface area (Å²) in [7, 11) is 0. The van der Waals surface area contributed by atoms with Gasteiger partial charge in [-0.15, -0.1) is 11.6 Å². The monoisotopic (exact) mass is 245 g/mol. The van der Waals surface area contributed by atoms with Gasteiger partial charge in [0.15, 0.2) is 0 Å². The van der Waals surface area contributed by atoms with Crippen LogP contribution in [-0.2, 0) is 9.53 Å². The number of hydrogen-bond acceptors (Lipinski definition) is 2. The van der Waals surface area contributed by atoms with E-state index in [1.165, 1.54) is 19.3 Å². The summed E-state index contributed by atoms with van der Waals surface area (Å²) in [5.74, 6) is 1.18. The molecule has 4 heteroatoms. The number of carbonyl (C=O) groups excluding carboxylic acids is 1. The smallest absolute Gasteiger partial charge is 0.224 e. The normalized spacial score (nSPS) is 30.7. The molecule has 1 aliphatic heterocycles. The molecule has 2 fully saturated rings. The van der Waals surface area contributed by atoms with Crippen LogP contribution in [0, 0.1) is 5.92 Å². The van der Waals surface area contributed by atoms with Crippen molar-refractivity contribution < 1.29 is 9.53 Å². The van der Waals surface area contributed by atoms with Crippen LogP contribution >= 0.6 is 11.6 Å². The largest absolute Gasteiger partial charge is 0.379 e. The first-order valence-electron chi connectivity index (χ1n) is 6.26. The summed E-state index contributed by atoms with van der Waals surface area (Å²) in [5, 5.41) is 0. The van der Waals surface area contributed by atoms with Crippen LogP contribution in [0.2, 0.25) is 0 Å². The minimum atomic E-state index is 0.206. The zero-order valence-corrected chi connectivity index (χ0v) is 10.4. The second kappa shape index (κ2) is 5.87. The number of hydrogen-bond donors (Lipinski definition) is 0. The van der Waals surface area contributed by atoms with E-state index in [4.69, 9.17) is 16.3 Å². The Balaban J connectivity index is 2.05. The Morgan fingerprint density at radius 3 is 3.00 bits per heavy atom. The molecule has 1 heterocycles. The van der Waals surface area contributed by atoms with E-state index in [1.54, 1.807) is 0 Å². The van der Waals surface area contributed by atoms with Crippen molar-refractivity contribution in [1.29, 1.82) is 0 Å². The van der Waals surface area contributed by atoms with Crippen molar-refractivity contribution >= 4 is 17.5 Å². The van der Waals surface area contributed by atoms with Gasteiger partial charge >= 0.3 is 0 Å². The third-order valence-corrected chi connectivity index (χ3v) is 3.90. The molecule has 0 aromatic rings. The van der Waals surface area contributed by atoms with Gasteiger partial charge in [0.2, 0.25) is 5.91 Å². The van der Waals surface area contributed by atoms with E-state index in [2.05, 4.69) is 0 Å². The molecule has 1 saturated heterocycles. The molecular formula is C12H20ClNO2. The molecule has 0 aromatic heterocycles. The van der Waals surface area contributed by atoms with Gasteiger partial charge in [-0.05, 0) is 12.8 Å². The Bertz CT molecular complexity index is 247. The minimum absolute atomic E-state index is 0.206. The van der Waals surface area contributed by atoms with Crippen molar-refractivity contribution in [3.63, 3.8) is 0 Å². The number of carbonyl (C=O) groups is 1. The first-order valence-corrected chi connectivity index (χ1v) is 6.79. The maximum Gasteiger partial charge on any atom is 0.224 e. The van der Waals surface area contributed by atoms with Crippen LogP contribution in [-0.4, -0.2) is 42.5 Å². The molecule has 0 N–H and O–H groups in total. The standard InChI is InChI=1S/C12H20ClNO2/c13-6-5-12(15)14-7-8-16-9-10-3-1-2-4-11(10)14/h10-11H,1-9H2/t10-,11-/m0/s1. The topological polar surface area (TPSA) is 29.5 Å². The Morgan fingerprint density at radius 2 is 2.19 bits per heavy atom. The third kappa shape index (κ3) is 2.69. The molecule has 0 bridgehead atoms. The summed E-state index contributed by atoms with van der Waals surface area (Å²) in [6, 6.07) is 0.409. The van der Waals surface area contributed by atoms with Crippen molar-refractivity contribution in [2.45, 2.75) is 38.1 Å². The van der Waals surface area contributed by atoms with Gasteiger partial charge < -0.3 is 9.64 Å². The van der Waals surface area contributed by atoms with E-state index < -0.39 is 0 Å². The molecule has 2 rings (SSSR count). The molecule has 0 radical (unpaired) electrons. The summed E-state index contributed by atoms with van der Waals surface area (Å²) < 4.78 is 5.60. The van der Waals surface area contributed by atoms with Gasteiger partial charge in [0, 0.05) is 30.8 Å². The van der Waals surface area contributed by atoms with Gasteiger partial charge in [0.25, 0.3) is 0 Å². The quantitative estimate of drug-likeness (QED) is 0.697. The van der Waals surface area contributed by atoms with Gasteiger partial charge in [-0.1, -0.05) is 12.8 Å². The van der Waals surface area contributed by atoms with E-state index in [0.29, 0.717) is 30.9 Å². The first-order chi connectivity index (χ1) is 7.83. The molecule has 0 unspecified atom stereocenters. The second-order valence-corrected chi connectivity index (χ2v) is 5.09. The maximum absolute atomic E-state index is 12.0. The van der Waals surface area contributed by atoms with Crippen molar-refractivity contribution in [2.24, 2.45) is 5.92 Å². The van der Waals surface area contributed by atoms with Crippen LogP contribution in [0.4, 0.5) is 0 Å². The summed E-state index contributed by atoms with van der Waals surface area (Å²) in [4.78, 5) is 14.0. The number of fused-ring (bicyclic) bond motifs is 1. The third-order valence-electron chi connectivity index (χ3n) is 3.71. The molecule has 92 valence electrons. The maximum atomic E-state index is 12.0. The van der Waals surface area contributed by atoms with E-state index in [-0.39, 0.29) is 5.91 Å². The molecule has 0 aromatic carbocycles. The molecule has 3 nitrogen and oxygen atoms in total. The van der Waals surface area contributed by atoms with Gasteiger partial charge in [-0.2, -0.15) is 0 Å². The molecule has 1 saturated carbocycles. The fourth-order valence-corrected chi connectivity index (χ4v) is 3.05. The zero-order chi connectivity index (χ0) is 11.4. The van der Waals surface area contributed by atoms with Crippen LogP contribution in [0.3, 0.4) is 0 Å². The molecule has 16 heavy (non-hydrogen) atoms. The van der Waals surface area contributed by atoms with Crippen molar-refractivity contribution in [3.05, 3.63) is 0 Å². The summed E-state index contributed by atoms with van der Waals surface area (Å²) in [5.41, 5.74) is 0. The Kier molecular flexibility index (Phi) is 4.47. The van der Waals surface area contributed by atoms with Gasteiger partial charge in [0.05, 0.1) is 13.2 Å². The van der Waals surface area contributed by atoms with Gasteiger partial charge in [-0.25, -0.2) is 0 Å². The molecule has 0 spiro atoms. The number of halogens is 1. The van der Waals surface area contributed by atoms with Crippen LogP contribution in [0.25, 0.3) is 0 Å². The van der Waals surface area contributed by atoms with Crippen LogP contribution in [0.5, 0.6) is 0 Å². The molecular weight excluding hydrogens is 226 g/mol.